The summed E-state index contributed by atoms with van der Waals surface area (Å²) in [5.41, 5.74) is -0.778. The first-order valence-corrected chi connectivity index (χ1v) is 11.0. The molecule has 3 unspecified atom stereocenters. The molecule has 3 rings (SSSR count). The van der Waals surface area contributed by atoms with E-state index in [1.807, 2.05) is 0 Å². The maximum absolute atomic E-state index is 12.5. The third-order valence-electron chi connectivity index (χ3n) is 4.49. The van der Waals surface area contributed by atoms with Gasteiger partial charge in [-0.1, -0.05) is 18.2 Å². The molecule has 0 bridgehead atoms. The second-order valence-electron chi connectivity index (χ2n) is 7.97. The molecule has 0 radical (unpaired) electrons. The molecular weight excluding hydrogens is 442 g/mol. The fourth-order valence-electron chi connectivity index (χ4n) is 2.83. The Hall–Kier alpha value is -3.12. The first kappa shape index (κ1) is 23.5. The maximum Gasteiger partial charge on any atom is 0.377 e. The summed E-state index contributed by atoms with van der Waals surface area (Å²) >= 11 is -1.63. The van der Waals surface area contributed by atoms with Gasteiger partial charge in [0, 0.05) is 0 Å². The van der Waals surface area contributed by atoms with Crippen molar-refractivity contribution in [2.24, 2.45) is 10.4 Å². The lowest BCUT2D eigenvalue weighted by atomic mass is 9.98. The van der Waals surface area contributed by atoms with Gasteiger partial charge < -0.3 is 24.1 Å². The van der Waals surface area contributed by atoms with Crippen molar-refractivity contribution >= 4 is 40.8 Å². The molecule has 0 aliphatic carbocycles. The smallest absolute Gasteiger partial charge is 0.377 e. The van der Waals surface area contributed by atoms with Crippen molar-refractivity contribution < 1.29 is 37.9 Å². The third kappa shape index (κ3) is 5.19. The molecule has 3 atom stereocenters. The number of esters is 2. The van der Waals surface area contributed by atoms with Gasteiger partial charge >= 0.3 is 11.9 Å². The molecule has 2 aliphatic heterocycles. The molecule has 11 nitrogen and oxygen atoms in total. The van der Waals surface area contributed by atoms with E-state index < -0.39 is 58.6 Å². The van der Waals surface area contributed by atoms with E-state index in [2.05, 4.69) is 10.3 Å². The van der Waals surface area contributed by atoms with Crippen LogP contribution in [0.25, 0.3) is 0 Å². The Morgan fingerprint density at radius 1 is 1.22 bits per heavy atom. The molecular formula is C20H23N3O8S. The number of para-hydroxylation sites is 1. The van der Waals surface area contributed by atoms with E-state index in [1.165, 1.54) is 0 Å². The minimum absolute atomic E-state index is 0.243. The summed E-state index contributed by atoms with van der Waals surface area (Å²) in [6.07, 6.45) is 0. The number of carbonyl (C=O) groups excluding carboxylic acids is 4. The fraction of sp³-hybridized carbons (Fsp3) is 0.450. The predicted molar refractivity (Wildman–Crippen MR) is 111 cm³/mol. The van der Waals surface area contributed by atoms with Crippen LogP contribution in [0.4, 0.5) is 0 Å². The number of hydrogen-bond donors (Lipinski definition) is 1. The van der Waals surface area contributed by atoms with Gasteiger partial charge in [-0.15, -0.1) is 0 Å². The zero-order valence-corrected chi connectivity index (χ0v) is 18.5. The number of carbonyl (C=O) groups is 4. The molecule has 32 heavy (non-hydrogen) atoms. The molecule has 1 N–H and O–H groups in total. The van der Waals surface area contributed by atoms with E-state index in [0.717, 1.165) is 4.90 Å². The minimum atomic E-state index is -1.63. The lowest BCUT2D eigenvalue weighted by Gasteiger charge is -2.46. The number of ether oxygens (including phenoxy) is 3. The number of benzene rings is 1. The second kappa shape index (κ2) is 9.57. The Balaban J connectivity index is 1.54. The van der Waals surface area contributed by atoms with E-state index >= 15 is 0 Å². The van der Waals surface area contributed by atoms with E-state index in [4.69, 9.17) is 14.2 Å². The Labute approximate surface area is 187 Å². The first-order valence-electron chi connectivity index (χ1n) is 9.66. The first-order chi connectivity index (χ1) is 15.1. The molecule has 0 aromatic heterocycles. The summed E-state index contributed by atoms with van der Waals surface area (Å²) < 4.78 is 27.4. The van der Waals surface area contributed by atoms with Crippen LogP contribution in [0.5, 0.6) is 5.75 Å². The number of nitrogens with one attached hydrogen (secondary N) is 1. The van der Waals surface area contributed by atoms with Gasteiger partial charge in [-0.2, -0.15) is 0 Å². The zero-order chi connectivity index (χ0) is 23.5. The molecule has 1 fully saturated rings. The highest BCUT2D eigenvalue weighted by Gasteiger charge is 2.60. The molecule has 1 saturated heterocycles. The quantitative estimate of drug-likeness (QED) is 0.255. The van der Waals surface area contributed by atoms with Crippen LogP contribution in [0.15, 0.2) is 35.3 Å². The Morgan fingerprint density at radius 3 is 2.56 bits per heavy atom. The van der Waals surface area contributed by atoms with Crippen molar-refractivity contribution in [2.45, 2.75) is 32.2 Å². The van der Waals surface area contributed by atoms with Crippen LogP contribution in [0.3, 0.4) is 0 Å². The standard InChI is InChI=1S/C20H23N3O8S/c1-20(2,3)19(27)31-11-30-18(26)15-21-10-32(28)17-14(16(25)23(15)17)22-13(24)9-29-12-7-5-4-6-8-12/h4-8,14,17H,9-11H2,1-3H3,(H,22,24). The van der Waals surface area contributed by atoms with Gasteiger partial charge in [-0.25, -0.2) is 14.7 Å². The van der Waals surface area contributed by atoms with Crippen molar-refractivity contribution in [1.82, 2.24) is 10.2 Å². The molecule has 172 valence electrons. The van der Waals surface area contributed by atoms with Crippen LogP contribution in [0, 0.1) is 5.41 Å². The summed E-state index contributed by atoms with van der Waals surface area (Å²) in [4.78, 5) is 53.5. The highest BCUT2D eigenvalue weighted by atomic mass is 32.2. The predicted octanol–water partition coefficient (Wildman–Crippen LogP) is -0.0732. The summed E-state index contributed by atoms with van der Waals surface area (Å²) in [6, 6.07) is 7.55. The largest absolute Gasteiger partial charge is 0.613 e. The highest BCUT2D eigenvalue weighted by Crippen LogP contribution is 2.30. The molecule has 2 amide bonds. The van der Waals surface area contributed by atoms with Crippen LogP contribution in [0.1, 0.15) is 20.8 Å². The van der Waals surface area contributed by atoms with Crippen molar-refractivity contribution in [3.05, 3.63) is 30.3 Å². The average Bonchev–Trinajstić information content (AvgIpc) is 2.75. The monoisotopic (exact) mass is 465 g/mol. The molecule has 12 heteroatoms. The topological polar surface area (TPSA) is 147 Å². The van der Waals surface area contributed by atoms with Crippen LogP contribution in [0.2, 0.25) is 0 Å². The van der Waals surface area contributed by atoms with Gasteiger partial charge in [0.2, 0.25) is 18.0 Å². The number of amides is 2. The highest BCUT2D eigenvalue weighted by molar-refractivity contribution is 7.92. The number of nitrogens with zero attached hydrogens (tertiary/aromatic N) is 2. The molecule has 0 saturated carbocycles. The SMILES string of the molecule is CC(C)(C)C(=O)OCOC(=O)C1=NC[S+]([O-])C2C(NC(=O)COc3ccccc3)C(=O)N12. The average molecular weight is 465 g/mol. The van der Waals surface area contributed by atoms with Crippen molar-refractivity contribution in [3.8, 4) is 5.75 Å². The van der Waals surface area contributed by atoms with Crippen LogP contribution < -0.4 is 10.1 Å². The fourth-order valence-corrected chi connectivity index (χ4v) is 4.16. The summed E-state index contributed by atoms with van der Waals surface area (Å²) in [5, 5.41) is 1.52. The normalized spacial score (nSPS) is 22.1. The Kier molecular flexibility index (Phi) is 7.04. The third-order valence-corrected chi connectivity index (χ3v) is 5.89. The van der Waals surface area contributed by atoms with Gasteiger partial charge in [0.15, 0.2) is 18.5 Å². The van der Waals surface area contributed by atoms with Gasteiger partial charge in [-0.3, -0.25) is 14.4 Å². The second-order valence-corrected chi connectivity index (χ2v) is 9.47. The minimum Gasteiger partial charge on any atom is -0.613 e. The number of hydrogen-bond acceptors (Lipinski definition) is 9. The number of amidine groups is 1. The summed E-state index contributed by atoms with van der Waals surface area (Å²) in [7, 11) is 0. The lowest BCUT2D eigenvalue weighted by molar-refractivity contribution is -0.170. The molecule has 0 spiro atoms. The van der Waals surface area contributed by atoms with E-state index in [9.17, 15) is 23.7 Å². The van der Waals surface area contributed by atoms with Crippen LogP contribution in [-0.2, 0) is 39.8 Å². The van der Waals surface area contributed by atoms with Crippen LogP contribution >= 0.6 is 0 Å². The van der Waals surface area contributed by atoms with Crippen molar-refractivity contribution in [1.29, 1.82) is 0 Å². The molecule has 1 aromatic carbocycles. The lowest BCUT2D eigenvalue weighted by Crippen LogP contribution is -2.77. The van der Waals surface area contributed by atoms with Gasteiger partial charge in [0.05, 0.1) is 5.41 Å². The van der Waals surface area contributed by atoms with E-state index in [0.29, 0.717) is 5.75 Å². The molecule has 1 aromatic rings. The zero-order valence-electron chi connectivity index (χ0n) is 17.7. The van der Waals surface area contributed by atoms with Gasteiger partial charge in [0.1, 0.15) is 5.75 Å². The number of aliphatic imine (C=N–C) groups is 1. The summed E-state index contributed by atoms with van der Waals surface area (Å²) in [6.45, 7) is 3.93. The van der Waals surface area contributed by atoms with E-state index in [-0.39, 0.29) is 18.3 Å². The summed E-state index contributed by atoms with van der Waals surface area (Å²) in [5.74, 6) is -2.92. The Morgan fingerprint density at radius 2 is 1.91 bits per heavy atom. The van der Waals surface area contributed by atoms with Crippen molar-refractivity contribution in [2.75, 3.05) is 19.3 Å². The maximum atomic E-state index is 12.5. The molecule has 2 heterocycles. The molecule has 2 aliphatic rings. The Bertz CT molecular complexity index is 931. The van der Waals surface area contributed by atoms with E-state index in [1.54, 1.807) is 51.1 Å². The van der Waals surface area contributed by atoms with Crippen molar-refractivity contribution in [3.63, 3.8) is 0 Å². The van der Waals surface area contributed by atoms with Gasteiger partial charge in [-0.05, 0) is 44.1 Å². The van der Waals surface area contributed by atoms with Gasteiger partial charge in [0.25, 0.3) is 11.8 Å². The number of fused-ring (bicyclic) bond motifs is 1. The number of rotatable bonds is 7. The van der Waals surface area contributed by atoms with Crippen LogP contribution in [-0.4, -0.2) is 69.7 Å². The number of β-lactam (4-membered cyclic amide) rings is 1.